The molecule has 2 amide bonds. The summed E-state index contributed by atoms with van der Waals surface area (Å²) in [5, 5.41) is 16.7. The second kappa shape index (κ2) is 24.5. The van der Waals surface area contributed by atoms with Crippen molar-refractivity contribution >= 4 is 34.2 Å². The van der Waals surface area contributed by atoms with Crippen molar-refractivity contribution in [3.63, 3.8) is 0 Å². The summed E-state index contributed by atoms with van der Waals surface area (Å²) in [5.41, 5.74) is 6.24. The highest BCUT2D eigenvalue weighted by Crippen LogP contribution is 2.20. The van der Waals surface area contributed by atoms with Gasteiger partial charge in [0.2, 0.25) is 11.8 Å². The van der Waals surface area contributed by atoms with Crippen molar-refractivity contribution in [1.29, 1.82) is 0 Å². The van der Waals surface area contributed by atoms with Crippen molar-refractivity contribution in [2.45, 2.75) is 94.9 Å². The molecule has 0 aliphatic heterocycles. The Bertz CT molecular complexity index is 1280. The summed E-state index contributed by atoms with van der Waals surface area (Å²) < 4.78 is 12.5. The number of ketones is 1. The lowest BCUT2D eigenvalue weighted by Crippen LogP contribution is -2.38. The number of benzene rings is 2. The first-order valence-electron chi connectivity index (χ1n) is 15.7. The van der Waals surface area contributed by atoms with Crippen LogP contribution in [0.3, 0.4) is 0 Å². The lowest BCUT2D eigenvalue weighted by molar-refractivity contribution is -0.121. The molecule has 0 aliphatic carbocycles. The monoisotopic (exact) mass is 628 g/mol. The van der Waals surface area contributed by atoms with Gasteiger partial charge in [-0.3, -0.25) is 9.59 Å². The molecule has 3 aromatic rings. The van der Waals surface area contributed by atoms with Gasteiger partial charge in [-0.1, -0.05) is 91.3 Å². The Morgan fingerprint density at radius 3 is 2.07 bits per heavy atom. The van der Waals surface area contributed by atoms with Crippen molar-refractivity contribution in [3.05, 3.63) is 66.1 Å². The van der Waals surface area contributed by atoms with Crippen molar-refractivity contribution in [1.82, 2.24) is 10.3 Å². The molecule has 0 aliphatic rings. The number of pyridine rings is 1. The predicted octanol–water partition coefficient (Wildman–Crippen LogP) is 7.82. The third kappa shape index (κ3) is 21.5. The van der Waals surface area contributed by atoms with Gasteiger partial charge in [0.25, 0.3) is 0 Å². The Kier molecular flexibility index (Phi) is 23.5. The van der Waals surface area contributed by atoms with Gasteiger partial charge in [-0.15, -0.1) is 0 Å². The average Bonchev–Trinajstić information content (AvgIpc) is 3.01. The van der Waals surface area contributed by atoms with Gasteiger partial charge in [-0.05, 0) is 67.6 Å². The van der Waals surface area contributed by atoms with Crippen LogP contribution in [0.4, 0.5) is 10.2 Å². The highest BCUT2D eigenvalue weighted by molar-refractivity contribution is 5.91. The Morgan fingerprint density at radius 1 is 1.00 bits per heavy atom. The minimum absolute atomic E-state index is 0.00598. The van der Waals surface area contributed by atoms with E-state index in [4.69, 9.17) is 10.8 Å². The first kappa shape index (κ1) is 43.3. The summed E-state index contributed by atoms with van der Waals surface area (Å²) in [7, 11) is 0. The fraction of sp³-hybridized carbons (Fsp3) is 0.500. The summed E-state index contributed by atoms with van der Waals surface area (Å²) in [6.45, 7) is 20.1. The number of carbonyl (C=O) groups excluding carboxylic acids is 3. The van der Waals surface area contributed by atoms with E-state index in [1.165, 1.54) is 26.8 Å². The number of fused-ring (bicyclic) bond motifs is 1. The van der Waals surface area contributed by atoms with Gasteiger partial charge in [-0.2, -0.15) is 0 Å². The molecule has 5 N–H and O–H groups in total. The Morgan fingerprint density at radius 2 is 1.58 bits per heavy atom. The normalized spacial score (nSPS) is 10.6. The van der Waals surface area contributed by atoms with Crippen LogP contribution in [0.25, 0.3) is 10.8 Å². The van der Waals surface area contributed by atoms with E-state index in [1.54, 1.807) is 18.3 Å². The molecule has 1 unspecified atom stereocenters. The predicted molar refractivity (Wildman–Crippen MR) is 186 cm³/mol. The first-order chi connectivity index (χ1) is 21.1. The molecule has 3 rings (SSSR count). The van der Waals surface area contributed by atoms with E-state index in [2.05, 4.69) is 43.3 Å². The van der Waals surface area contributed by atoms with Crippen LogP contribution in [0.2, 0.25) is 0 Å². The van der Waals surface area contributed by atoms with E-state index < -0.39 is 5.82 Å². The van der Waals surface area contributed by atoms with E-state index >= 15 is 0 Å². The summed E-state index contributed by atoms with van der Waals surface area (Å²) in [4.78, 5) is 35.8. The fourth-order valence-corrected chi connectivity index (χ4v) is 3.26. The molecule has 1 heterocycles. The fourth-order valence-electron chi connectivity index (χ4n) is 3.26. The van der Waals surface area contributed by atoms with Crippen LogP contribution in [-0.2, 0) is 20.8 Å². The van der Waals surface area contributed by atoms with Gasteiger partial charge in [0.15, 0.2) is 11.6 Å². The number of aromatic nitrogens is 1. The van der Waals surface area contributed by atoms with Crippen molar-refractivity contribution in [3.8, 4) is 5.75 Å². The zero-order valence-electron chi connectivity index (χ0n) is 29.1. The molecule has 0 fully saturated rings. The van der Waals surface area contributed by atoms with Crippen molar-refractivity contribution < 1.29 is 23.9 Å². The van der Waals surface area contributed by atoms with Crippen LogP contribution in [0.1, 0.15) is 94.1 Å². The molecular weight excluding hydrogens is 571 g/mol. The first-order valence-corrected chi connectivity index (χ1v) is 15.7. The molecule has 0 saturated heterocycles. The maximum absolute atomic E-state index is 12.5. The number of Topliss-reactive ketones (excluding diaryl/α,β-unsaturated/α-hetero) is 1. The van der Waals surface area contributed by atoms with Gasteiger partial charge in [0, 0.05) is 31.5 Å². The second-order valence-corrected chi connectivity index (χ2v) is 11.3. The third-order valence-corrected chi connectivity index (χ3v) is 6.26. The summed E-state index contributed by atoms with van der Waals surface area (Å²) >= 11 is 0. The van der Waals surface area contributed by atoms with Crippen molar-refractivity contribution in [2.75, 3.05) is 18.4 Å². The Balaban J connectivity index is 0. The standard InChI is InChI=1S/C12H26N2O.C11H10N2O.C8H9FO.C3H6O.C2H6/c1-5-10(2)6-7-11(15)14-9-12(3,4)8-13;1-8(14)13-11-6-9-4-2-3-5-10(9)7-12-11;1-2-6-4-3-5-7(9)8(6)10;1-3(2)4;1-2/h10H,5-9,13H2,1-4H3,(H,14,15);2-7H,1H3,(H,12,13,14);3-5,10H,2H2,1H3;1-2H3;1-2H3. The molecular formula is C36H57FN4O4. The highest BCUT2D eigenvalue weighted by atomic mass is 19.1. The highest BCUT2D eigenvalue weighted by Gasteiger charge is 2.16. The molecule has 1 atom stereocenters. The van der Waals surface area contributed by atoms with Crippen LogP contribution >= 0.6 is 0 Å². The summed E-state index contributed by atoms with van der Waals surface area (Å²) in [6, 6.07) is 14.3. The topological polar surface area (TPSA) is 134 Å². The lowest BCUT2D eigenvalue weighted by Gasteiger charge is -2.22. The lowest BCUT2D eigenvalue weighted by atomic mass is 9.94. The molecule has 1 aromatic heterocycles. The molecule has 0 saturated carbocycles. The van der Waals surface area contributed by atoms with E-state index in [0.29, 0.717) is 43.2 Å². The molecule has 0 bridgehead atoms. The third-order valence-electron chi connectivity index (χ3n) is 6.26. The van der Waals surface area contributed by atoms with Crippen molar-refractivity contribution in [2.24, 2.45) is 17.1 Å². The number of hydrogen-bond acceptors (Lipinski definition) is 6. The summed E-state index contributed by atoms with van der Waals surface area (Å²) in [5.74, 6) is 0.684. The number of anilines is 1. The zero-order chi connectivity index (χ0) is 35.0. The van der Waals surface area contributed by atoms with Gasteiger partial charge >= 0.3 is 0 Å². The van der Waals surface area contributed by atoms with E-state index in [1.807, 2.05) is 51.1 Å². The Labute approximate surface area is 270 Å². The van der Waals surface area contributed by atoms with Crippen LogP contribution < -0.4 is 16.4 Å². The number of hydrogen-bond donors (Lipinski definition) is 4. The molecule has 8 nitrogen and oxygen atoms in total. The van der Waals surface area contributed by atoms with Crippen LogP contribution in [0.5, 0.6) is 5.75 Å². The summed E-state index contributed by atoms with van der Waals surface area (Å²) in [6.07, 6.45) is 5.16. The molecule has 45 heavy (non-hydrogen) atoms. The van der Waals surface area contributed by atoms with E-state index in [9.17, 15) is 18.8 Å². The number of aromatic hydroxyl groups is 1. The van der Waals surface area contributed by atoms with Gasteiger partial charge in [0.05, 0.1) is 0 Å². The van der Waals surface area contributed by atoms with Crippen LogP contribution in [-0.4, -0.2) is 40.8 Å². The number of halogens is 1. The van der Waals surface area contributed by atoms with Gasteiger partial charge in [-0.25, -0.2) is 9.37 Å². The Hall–Kier alpha value is -3.85. The number of aryl methyl sites for hydroxylation is 1. The minimum Gasteiger partial charge on any atom is -0.505 e. The van der Waals surface area contributed by atoms with Gasteiger partial charge < -0.3 is 26.3 Å². The molecule has 2 aromatic carbocycles. The van der Waals surface area contributed by atoms with Crippen LogP contribution in [0, 0.1) is 17.2 Å². The van der Waals surface area contributed by atoms with E-state index in [0.717, 1.165) is 23.6 Å². The quantitative estimate of drug-likeness (QED) is 0.191. The second-order valence-electron chi connectivity index (χ2n) is 11.3. The van der Waals surface area contributed by atoms with Gasteiger partial charge in [0.1, 0.15) is 11.6 Å². The molecule has 0 radical (unpaired) electrons. The maximum Gasteiger partial charge on any atom is 0.222 e. The molecule has 0 spiro atoms. The number of rotatable bonds is 9. The average molecular weight is 629 g/mol. The number of nitrogens with zero attached hydrogens (tertiary/aromatic N) is 1. The number of para-hydroxylation sites is 1. The number of phenols is 1. The maximum atomic E-state index is 12.5. The number of nitrogens with two attached hydrogens (primary N) is 1. The number of nitrogens with one attached hydrogen (secondary N) is 2. The smallest absolute Gasteiger partial charge is 0.222 e. The minimum atomic E-state index is -0.542. The molecule has 9 heteroatoms. The number of phenolic OH excluding ortho intramolecular Hbond substituents is 1. The van der Waals surface area contributed by atoms with E-state index in [-0.39, 0.29) is 28.8 Å². The zero-order valence-corrected chi connectivity index (χ0v) is 29.1. The number of amides is 2. The number of carbonyl (C=O) groups is 3. The molecule has 252 valence electrons. The largest absolute Gasteiger partial charge is 0.505 e. The van der Waals surface area contributed by atoms with Crippen LogP contribution in [0.15, 0.2) is 54.7 Å². The SMILES string of the molecule is CC.CC(=O)Nc1cc2ccccc2cn1.CC(C)=O.CCC(C)CCC(=O)NCC(C)(C)CN.CCc1cccc(F)c1O.